The van der Waals surface area contributed by atoms with E-state index in [0.29, 0.717) is 17.3 Å². The zero-order valence-corrected chi connectivity index (χ0v) is 16.9. The summed E-state index contributed by atoms with van der Waals surface area (Å²) in [5, 5.41) is 6.43. The molecule has 1 saturated heterocycles. The highest BCUT2D eigenvalue weighted by molar-refractivity contribution is 5.94. The van der Waals surface area contributed by atoms with Crippen LogP contribution in [-0.2, 0) is 0 Å². The number of para-hydroxylation sites is 2. The lowest BCUT2D eigenvalue weighted by atomic mass is 10.0. The number of benzene rings is 2. The fourth-order valence-electron chi connectivity index (χ4n) is 3.54. The molecule has 3 aromatic rings. The lowest BCUT2D eigenvalue weighted by Crippen LogP contribution is -2.45. The van der Waals surface area contributed by atoms with Crippen molar-refractivity contribution < 1.29 is 9.53 Å². The first kappa shape index (κ1) is 19.7. The van der Waals surface area contributed by atoms with E-state index >= 15 is 0 Å². The lowest BCUT2D eigenvalue weighted by Gasteiger charge is -2.32. The molecule has 0 atom stereocenters. The van der Waals surface area contributed by atoms with Gasteiger partial charge in [-0.05, 0) is 43.2 Å². The molecule has 7 nitrogen and oxygen atoms in total. The monoisotopic (exact) mass is 403 g/mol. The van der Waals surface area contributed by atoms with Crippen molar-refractivity contribution in [1.29, 1.82) is 0 Å². The van der Waals surface area contributed by atoms with E-state index < -0.39 is 0 Å². The molecular weight excluding hydrogens is 378 g/mol. The summed E-state index contributed by atoms with van der Waals surface area (Å²) >= 11 is 0. The molecule has 1 fully saturated rings. The summed E-state index contributed by atoms with van der Waals surface area (Å²) < 4.78 is 5.39. The maximum atomic E-state index is 12.4. The molecule has 1 amide bonds. The molecule has 0 bridgehead atoms. The standard InChI is InChI=1S/C23H25N5O2/c1-30-20-10-6-5-9-19(20)26-21-11-14-24-23(27-21)28-15-12-18(13-16-28)25-22(29)17-7-3-2-4-8-17/h2-11,14,18H,12-13,15-16H2,1H3,(H,25,29)(H,24,26,27). The third-order valence-corrected chi connectivity index (χ3v) is 5.16. The average Bonchev–Trinajstić information content (AvgIpc) is 2.81. The zero-order chi connectivity index (χ0) is 20.8. The quantitative estimate of drug-likeness (QED) is 0.654. The number of nitrogens with one attached hydrogen (secondary N) is 2. The molecule has 0 unspecified atom stereocenters. The lowest BCUT2D eigenvalue weighted by molar-refractivity contribution is 0.0931. The Labute approximate surface area is 176 Å². The Kier molecular flexibility index (Phi) is 6.08. The van der Waals surface area contributed by atoms with Crippen LogP contribution in [0.3, 0.4) is 0 Å². The first-order chi connectivity index (χ1) is 14.7. The van der Waals surface area contributed by atoms with Crippen molar-refractivity contribution in [3.8, 4) is 5.75 Å². The van der Waals surface area contributed by atoms with Crippen LogP contribution in [0.15, 0.2) is 66.9 Å². The van der Waals surface area contributed by atoms with Crippen LogP contribution in [0.1, 0.15) is 23.2 Å². The van der Waals surface area contributed by atoms with E-state index in [1.54, 1.807) is 13.3 Å². The van der Waals surface area contributed by atoms with E-state index in [9.17, 15) is 4.79 Å². The van der Waals surface area contributed by atoms with E-state index in [1.807, 2.05) is 60.7 Å². The van der Waals surface area contributed by atoms with Crippen molar-refractivity contribution in [1.82, 2.24) is 15.3 Å². The molecule has 4 rings (SSSR count). The van der Waals surface area contributed by atoms with Crippen molar-refractivity contribution in [2.75, 3.05) is 30.4 Å². The molecule has 0 spiro atoms. The predicted octanol–water partition coefficient (Wildman–Crippen LogP) is 3.63. The fraction of sp³-hybridized carbons (Fsp3) is 0.261. The van der Waals surface area contributed by atoms with Crippen LogP contribution in [0.2, 0.25) is 0 Å². The van der Waals surface area contributed by atoms with Gasteiger partial charge >= 0.3 is 0 Å². The number of ether oxygens (including phenoxy) is 1. The van der Waals surface area contributed by atoms with Gasteiger partial charge in [0.15, 0.2) is 0 Å². The number of nitrogens with zero attached hydrogens (tertiary/aromatic N) is 3. The van der Waals surface area contributed by atoms with Crippen LogP contribution in [0.4, 0.5) is 17.5 Å². The van der Waals surface area contributed by atoms with Gasteiger partial charge in [0.05, 0.1) is 12.8 Å². The van der Waals surface area contributed by atoms with Crippen LogP contribution in [0.25, 0.3) is 0 Å². The first-order valence-electron chi connectivity index (χ1n) is 10.1. The minimum absolute atomic E-state index is 0.0201. The molecule has 1 aliphatic heterocycles. The van der Waals surface area contributed by atoms with Crippen molar-refractivity contribution in [2.45, 2.75) is 18.9 Å². The highest BCUT2D eigenvalue weighted by Crippen LogP contribution is 2.27. The number of methoxy groups -OCH3 is 1. The zero-order valence-electron chi connectivity index (χ0n) is 16.9. The van der Waals surface area contributed by atoms with Gasteiger partial charge in [0, 0.05) is 30.9 Å². The Morgan fingerprint density at radius 1 is 1.03 bits per heavy atom. The molecule has 1 aromatic heterocycles. The van der Waals surface area contributed by atoms with Gasteiger partial charge in [-0.1, -0.05) is 30.3 Å². The van der Waals surface area contributed by atoms with Crippen molar-refractivity contribution in [2.24, 2.45) is 0 Å². The summed E-state index contributed by atoms with van der Waals surface area (Å²) in [6.07, 6.45) is 3.46. The molecule has 7 heteroatoms. The van der Waals surface area contributed by atoms with Crippen LogP contribution in [-0.4, -0.2) is 42.1 Å². The van der Waals surface area contributed by atoms with Gasteiger partial charge in [0.2, 0.25) is 5.95 Å². The Morgan fingerprint density at radius 3 is 2.53 bits per heavy atom. The molecule has 0 aliphatic carbocycles. The number of rotatable bonds is 6. The normalized spacial score (nSPS) is 14.2. The number of carbonyl (C=O) groups is 1. The Balaban J connectivity index is 1.36. The number of piperidine rings is 1. The topological polar surface area (TPSA) is 79.4 Å². The summed E-state index contributed by atoms with van der Waals surface area (Å²) in [6.45, 7) is 1.58. The average molecular weight is 403 g/mol. The van der Waals surface area contributed by atoms with E-state index in [-0.39, 0.29) is 11.9 Å². The second-order valence-electron chi connectivity index (χ2n) is 7.17. The first-order valence-corrected chi connectivity index (χ1v) is 10.1. The van der Waals surface area contributed by atoms with Gasteiger partial charge < -0.3 is 20.3 Å². The Bertz CT molecular complexity index is 988. The van der Waals surface area contributed by atoms with E-state index in [2.05, 4.69) is 25.5 Å². The van der Waals surface area contributed by atoms with E-state index in [4.69, 9.17) is 4.74 Å². The summed E-state index contributed by atoms with van der Waals surface area (Å²) in [5.74, 6) is 2.13. The molecule has 154 valence electrons. The maximum Gasteiger partial charge on any atom is 0.251 e. The van der Waals surface area contributed by atoms with Crippen LogP contribution in [0, 0.1) is 0 Å². The van der Waals surface area contributed by atoms with Gasteiger partial charge in [-0.2, -0.15) is 4.98 Å². The van der Waals surface area contributed by atoms with Crippen LogP contribution >= 0.6 is 0 Å². The van der Waals surface area contributed by atoms with Crippen molar-refractivity contribution in [3.05, 3.63) is 72.4 Å². The summed E-state index contributed by atoms with van der Waals surface area (Å²) in [6, 6.07) is 19.0. The maximum absolute atomic E-state index is 12.4. The number of carbonyl (C=O) groups excluding carboxylic acids is 1. The molecule has 1 aliphatic rings. The minimum Gasteiger partial charge on any atom is -0.495 e. The third-order valence-electron chi connectivity index (χ3n) is 5.16. The molecule has 0 radical (unpaired) electrons. The Morgan fingerprint density at radius 2 is 1.77 bits per heavy atom. The van der Waals surface area contributed by atoms with Crippen molar-refractivity contribution >= 4 is 23.4 Å². The number of hydrogen-bond acceptors (Lipinski definition) is 6. The number of amides is 1. The number of aromatic nitrogens is 2. The van der Waals surface area contributed by atoms with Gasteiger partial charge in [0.1, 0.15) is 11.6 Å². The predicted molar refractivity (Wildman–Crippen MR) is 117 cm³/mol. The van der Waals surface area contributed by atoms with Gasteiger partial charge in [-0.15, -0.1) is 0 Å². The Hall–Kier alpha value is -3.61. The third kappa shape index (κ3) is 4.68. The summed E-state index contributed by atoms with van der Waals surface area (Å²) in [7, 11) is 1.65. The summed E-state index contributed by atoms with van der Waals surface area (Å²) in [5.41, 5.74) is 1.55. The molecule has 0 saturated carbocycles. The van der Waals surface area contributed by atoms with Crippen LogP contribution in [0.5, 0.6) is 5.75 Å². The van der Waals surface area contributed by atoms with Gasteiger partial charge in [-0.3, -0.25) is 4.79 Å². The molecule has 2 N–H and O–H groups in total. The fourth-order valence-corrected chi connectivity index (χ4v) is 3.54. The van der Waals surface area contributed by atoms with Gasteiger partial charge in [-0.25, -0.2) is 4.98 Å². The SMILES string of the molecule is COc1ccccc1Nc1ccnc(N2CCC(NC(=O)c3ccccc3)CC2)n1. The second kappa shape index (κ2) is 9.26. The van der Waals surface area contributed by atoms with Crippen molar-refractivity contribution in [3.63, 3.8) is 0 Å². The smallest absolute Gasteiger partial charge is 0.251 e. The molecular formula is C23H25N5O2. The molecule has 2 aromatic carbocycles. The second-order valence-corrected chi connectivity index (χ2v) is 7.17. The number of anilines is 3. The minimum atomic E-state index is -0.0201. The summed E-state index contributed by atoms with van der Waals surface area (Å²) in [4.78, 5) is 23.6. The number of hydrogen-bond donors (Lipinski definition) is 2. The molecule has 30 heavy (non-hydrogen) atoms. The molecule has 2 heterocycles. The largest absolute Gasteiger partial charge is 0.495 e. The van der Waals surface area contributed by atoms with E-state index in [0.717, 1.165) is 37.4 Å². The van der Waals surface area contributed by atoms with Gasteiger partial charge in [0.25, 0.3) is 5.91 Å². The highest BCUT2D eigenvalue weighted by Gasteiger charge is 2.23. The van der Waals surface area contributed by atoms with Crippen LogP contribution < -0.4 is 20.3 Å². The highest BCUT2D eigenvalue weighted by atomic mass is 16.5. The van der Waals surface area contributed by atoms with E-state index in [1.165, 1.54) is 0 Å².